The van der Waals surface area contributed by atoms with Crippen LogP contribution in [0.5, 0.6) is 0 Å². The van der Waals surface area contributed by atoms with E-state index >= 15 is 0 Å². The Balaban J connectivity index is 2.33. The van der Waals surface area contributed by atoms with Gasteiger partial charge in [0, 0.05) is 12.4 Å². The highest BCUT2D eigenvalue weighted by molar-refractivity contribution is 5.96. The van der Waals surface area contributed by atoms with Gasteiger partial charge < -0.3 is 16.2 Å². The highest BCUT2D eigenvalue weighted by Gasteiger charge is 2.39. The molecular formula is C13H18N4O3. The summed E-state index contributed by atoms with van der Waals surface area (Å²) in [6.45, 7) is 0. The number of carboxylic acid groups (broad SMARTS) is 1. The second-order valence-electron chi connectivity index (χ2n) is 5.04. The van der Waals surface area contributed by atoms with Crippen LogP contribution in [0.3, 0.4) is 0 Å². The van der Waals surface area contributed by atoms with Gasteiger partial charge in [-0.15, -0.1) is 0 Å². The first-order chi connectivity index (χ1) is 9.55. The molecule has 1 aliphatic rings. The summed E-state index contributed by atoms with van der Waals surface area (Å²) >= 11 is 0. The number of nitrogens with one attached hydrogen (secondary N) is 1. The van der Waals surface area contributed by atoms with E-state index in [2.05, 4.69) is 15.3 Å². The van der Waals surface area contributed by atoms with Crippen molar-refractivity contribution in [2.75, 3.05) is 5.32 Å². The third-order valence-corrected chi connectivity index (χ3v) is 3.66. The predicted molar refractivity (Wildman–Crippen MR) is 72.2 cm³/mol. The van der Waals surface area contributed by atoms with Crippen LogP contribution in [0.15, 0.2) is 12.4 Å². The minimum atomic E-state index is -1.10. The number of amides is 1. The average molecular weight is 278 g/mol. The van der Waals surface area contributed by atoms with Gasteiger partial charge in [0.15, 0.2) is 11.5 Å². The Morgan fingerprint density at radius 1 is 1.15 bits per heavy atom. The Morgan fingerprint density at radius 3 is 2.30 bits per heavy atom. The summed E-state index contributed by atoms with van der Waals surface area (Å²) in [4.78, 5) is 30.9. The monoisotopic (exact) mass is 278 g/mol. The summed E-state index contributed by atoms with van der Waals surface area (Å²) in [5.41, 5.74) is 4.11. The van der Waals surface area contributed by atoms with E-state index < -0.39 is 17.4 Å². The van der Waals surface area contributed by atoms with Gasteiger partial charge in [-0.3, -0.25) is 4.79 Å². The molecule has 7 nitrogen and oxygen atoms in total. The maximum absolute atomic E-state index is 11.7. The zero-order valence-electron chi connectivity index (χ0n) is 11.1. The first-order valence-electron chi connectivity index (χ1n) is 6.67. The number of primary amides is 1. The fourth-order valence-electron chi connectivity index (χ4n) is 2.56. The van der Waals surface area contributed by atoms with Crippen molar-refractivity contribution in [3.8, 4) is 0 Å². The third kappa shape index (κ3) is 2.87. The Hall–Kier alpha value is -2.18. The van der Waals surface area contributed by atoms with Gasteiger partial charge >= 0.3 is 5.97 Å². The van der Waals surface area contributed by atoms with Crippen molar-refractivity contribution in [3.05, 3.63) is 18.1 Å². The van der Waals surface area contributed by atoms with Crippen molar-refractivity contribution in [1.82, 2.24) is 9.97 Å². The molecule has 1 amide bonds. The van der Waals surface area contributed by atoms with Crippen LogP contribution >= 0.6 is 0 Å². The number of carbonyl (C=O) groups is 2. The predicted octanol–water partition coefficient (Wildman–Crippen LogP) is 1.16. The van der Waals surface area contributed by atoms with Crippen LogP contribution in [-0.4, -0.2) is 32.5 Å². The molecule has 1 aromatic rings. The van der Waals surface area contributed by atoms with Gasteiger partial charge in [-0.25, -0.2) is 14.8 Å². The van der Waals surface area contributed by atoms with Gasteiger partial charge in [0.25, 0.3) is 5.91 Å². The van der Waals surface area contributed by atoms with Gasteiger partial charge in [0.2, 0.25) is 0 Å². The number of hydrogen-bond donors (Lipinski definition) is 3. The van der Waals surface area contributed by atoms with Gasteiger partial charge in [0.05, 0.1) is 0 Å². The highest BCUT2D eigenvalue weighted by Crippen LogP contribution is 2.31. The maximum atomic E-state index is 11.7. The van der Waals surface area contributed by atoms with Crippen LogP contribution in [0.1, 0.15) is 49.0 Å². The zero-order chi connectivity index (χ0) is 14.6. The molecule has 4 N–H and O–H groups in total. The largest absolute Gasteiger partial charge is 0.480 e. The number of hydrogen-bond acceptors (Lipinski definition) is 5. The van der Waals surface area contributed by atoms with Crippen LogP contribution in [0.25, 0.3) is 0 Å². The number of rotatable bonds is 4. The van der Waals surface area contributed by atoms with Crippen molar-refractivity contribution in [2.24, 2.45) is 5.73 Å². The topological polar surface area (TPSA) is 118 Å². The van der Waals surface area contributed by atoms with Crippen LogP contribution in [0.4, 0.5) is 5.82 Å². The van der Waals surface area contributed by atoms with Gasteiger partial charge in [0.1, 0.15) is 5.54 Å². The summed E-state index contributed by atoms with van der Waals surface area (Å²) in [5.74, 6) is -1.51. The first-order valence-corrected chi connectivity index (χ1v) is 6.67. The lowest BCUT2D eigenvalue weighted by Gasteiger charge is -2.30. The normalized spacial score (nSPS) is 18.0. The van der Waals surface area contributed by atoms with E-state index in [1.807, 2.05) is 0 Å². The fraction of sp³-hybridized carbons (Fsp3) is 0.538. The third-order valence-electron chi connectivity index (χ3n) is 3.66. The lowest BCUT2D eigenvalue weighted by atomic mass is 9.90. The maximum Gasteiger partial charge on any atom is 0.329 e. The standard InChI is InChI=1S/C13H18N4O3/c14-10(18)9-11(16-8-7-15-9)17-13(12(19)20)5-3-1-2-4-6-13/h7-8H,1-6H2,(H2,14,18)(H,16,17)(H,19,20). The van der Waals surface area contributed by atoms with Gasteiger partial charge in [-0.1, -0.05) is 25.7 Å². The molecule has 108 valence electrons. The van der Waals surface area contributed by atoms with Crippen LogP contribution < -0.4 is 11.1 Å². The number of carboxylic acids is 1. The number of anilines is 1. The smallest absolute Gasteiger partial charge is 0.329 e. The molecule has 0 aliphatic heterocycles. The van der Waals surface area contributed by atoms with Crippen molar-refractivity contribution < 1.29 is 14.7 Å². The lowest BCUT2D eigenvalue weighted by Crippen LogP contribution is -2.46. The van der Waals surface area contributed by atoms with Gasteiger partial charge in [-0.05, 0) is 12.8 Å². The molecule has 0 atom stereocenters. The molecule has 1 heterocycles. The molecule has 1 aromatic heterocycles. The second kappa shape index (κ2) is 5.85. The molecule has 1 saturated carbocycles. The van der Waals surface area contributed by atoms with Crippen molar-refractivity contribution in [2.45, 2.75) is 44.1 Å². The molecule has 0 spiro atoms. The van der Waals surface area contributed by atoms with E-state index in [-0.39, 0.29) is 11.5 Å². The molecule has 1 fully saturated rings. The van der Waals surface area contributed by atoms with E-state index in [9.17, 15) is 14.7 Å². The molecule has 1 aliphatic carbocycles. The van der Waals surface area contributed by atoms with E-state index in [0.717, 1.165) is 25.7 Å². The Bertz CT molecular complexity index is 510. The van der Waals surface area contributed by atoms with Crippen molar-refractivity contribution in [3.63, 3.8) is 0 Å². The fourth-order valence-corrected chi connectivity index (χ4v) is 2.56. The number of nitrogens with two attached hydrogens (primary N) is 1. The number of aliphatic carboxylic acids is 1. The highest BCUT2D eigenvalue weighted by atomic mass is 16.4. The summed E-state index contributed by atoms with van der Waals surface area (Å²) in [6, 6.07) is 0. The molecule has 2 rings (SSSR count). The number of carbonyl (C=O) groups excluding carboxylic acids is 1. The quantitative estimate of drug-likeness (QED) is 0.711. The molecule has 20 heavy (non-hydrogen) atoms. The minimum Gasteiger partial charge on any atom is -0.480 e. The summed E-state index contributed by atoms with van der Waals surface area (Å²) < 4.78 is 0. The Labute approximate surface area is 116 Å². The van der Waals surface area contributed by atoms with Crippen LogP contribution in [0, 0.1) is 0 Å². The summed E-state index contributed by atoms with van der Waals surface area (Å²) in [7, 11) is 0. The molecule has 0 aromatic carbocycles. The van der Waals surface area contributed by atoms with E-state index in [1.165, 1.54) is 12.4 Å². The number of nitrogens with zero attached hydrogens (tertiary/aromatic N) is 2. The van der Waals surface area contributed by atoms with Crippen LogP contribution in [-0.2, 0) is 4.79 Å². The van der Waals surface area contributed by atoms with E-state index in [0.29, 0.717) is 12.8 Å². The summed E-state index contributed by atoms with van der Waals surface area (Å²) in [5, 5.41) is 12.5. The number of aromatic nitrogens is 2. The SMILES string of the molecule is NC(=O)c1nccnc1NC1(C(=O)O)CCCCCC1. The first kappa shape index (κ1) is 14.2. The second-order valence-corrected chi connectivity index (χ2v) is 5.04. The van der Waals surface area contributed by atoms with Crippen LogP contribution in [0.2, 0.25) is 0 Å². The van der Waals surface area contributed by atoms with Gasteiger partial charge in [-0.2, -0.15) is 0 Å². The molecule has 0 radical (unpaired) electrons. The van der Waals surface area contributed by atoms with Crippen molar-refractivity contribution in [1.29, 1.82) is 0 Å². The molecular weight excluding hydrogens is 260 g/mol. The molecule has 7 heteroatoms. The average Bonchev–Trinajstić information content (AvgIpc) is 2.66. The van der Waals surface area contributed by atoms with E-state index in [1.54, 1.807) is 0 Å². The Kier molecular flexibility index (Phi) is 4.16. The molecule has 0 unspecified atom stereocenters. The molecule has 0 bridgehead atoms. The minimum absolute atomic E-state index is 0.0302. The lowest BCUT2D eigenvalue weighted by molar-refractivity contribution is -0.142. The Morgan fingerprint density at radius 2 is 1.75 bits per heavy atom. The molecule has 0 saturated heterocycles. The summed E-state index contributed by atoms with van der Waals surface area (Å²) in [6.07, 6.45) is 7.43. The zero-order valence-corrected chi connectivity index (χ0v) is 11.1. The van der Waals surface area contributed by atoms with Crippen molar-refractivity contribution >= 4 is 17.7 Å². The van der Waals surface area contributed by atoms with E-state index in [4.69, 9.17) is 5.73 Å².